The molecule has 3 aliphatic rings. The standard InChI is InChI=1S/C37H51N3O8S/c1-9-23-18-37(23,34(43)39-49(44,45)26-14-15-26)19-30(41)29-17-25(47-33-28-13-11-10-12-27(28)31(46-8)20-38-33)22-40(29)21-24(35(2,3)4)16-32(42)48-36(5,6)7/h9-13,20,23-26,29H,1,14-19,21-22H2,2-8H3,(H,39,43)/t23-,24-,25-,29?,37-/m1/s1. The molecule has 12 heteroatoms. The number of allylic oxidation sites excluding steroid dienone is 1. The number of likely N-dealkylation sites (tertiary alicyclic amines) is 1. The van der Waals surface area contributed by atoms with Crippen LogP contribution in [0, 0.1) is 22.7 Å². The number of nitrogens with zero attached hydrogens (tertiary/aromatic N) is 2. The fourth-order valence-electron chi connectivity index (χ4n) is 6.86. The Morgan fingerprint density at radius 2 is 1.80 bits per heavy atom. The van der Waals surface area contributed by atoms with Crippen molar-refractivity contribution in [2.24, 2.45) is 22.7 Å². The molecule has 2 saturated carbocycles. The normalized spacial score (nSPS) is 25.0. The van der Waals surface area contributed by atoms with Crippen molar-refractivity contribution in [1.29, 1.82) is 0 Å². The summed E-state index contributed by atoms with van der Waals surface area (Å²) >= 11 is 0. The monoisotopic (exact) mass is 697 g/mol. The summed E-state index contributed by atoms with van der Waals surface area (Å²) in [5.41, 5.74) is -2.11. The first-order valence-electron chi connectivity index (χ1n) is 17.1. The van der Waals surface area contributed by atoms with Crippen LogP contribution < -0.4 is 14.2 Å². The number of benzene rings is 1. The van der Waals surface area contributed by atoms with Crippen LogP contribution in [0.15, 0.2) is 43.1 Å². The van der Waals surface area contributed by atoms with Gasteiger partial charge in [0.2, 0.25) is 21.8 Å². The predicted molar refractivity (Wildman–Crippen MR) is 187 cm³/mol. The first-order chi connectivity index (χ1) is 22.9. The molecule has 5 rings (SSSR count). The number of esters is 1. The van der Waals surface area contributed by atoms with Crippen LogP contribution in [0.1, 0.15) is 80.1 Å². The van der Waals surface area contributed by atoms with Crippen molar-refractivity contribution >= 4 is 38.5 Å². The number of nitrogens with one attached hydrogen (secondary N) is 1. The topological polar surface area (TPSA) is 141 Å². The van der Waals surface area contributed by atoms with Crippen LogP contribution in [0.5, 0.6) is 11.6 Å². The highest BCUT2D eigenvalue weighted by atomic mass is 32.2. The lowest BCUT2D eigenvalue weighted by Crippen LogP contribution is -2.45. The number of Topliss-reactive ketones (excluding diaryl/α,β-unsaturated/α-hetero) is 1. The van der Waals surface area contributed by atoms with E-state index in [1.165, 1.54) is 0 Å². The Labute approximate surface area is 290 Å². The van der Waals surface area contributed by atoms with E-state index in [0.717, 1.165) is 10.8 Å². The largest absolute Gasteiger partial charge is 0.494 e. The quantitative estimate of drug-likeness (QED) is 0.206. The van der Waals surface area contributed by atoms with Crippen molar-refractivity contribution in [3.05, 3.63) is 43.1 Å². The van der Waals surface area contributed by atoms with Crippen LogP contribution in [-0.4, -0.2) is 79.2 Å². The van der Waals surface area contributed by atoms with Crippen LogP contribution in [0.4, 0.5) is 0 Å². The average Bonchev–Trinajstić information content (AvgIpc) is 3.93. The van der Waals surface area contributed by atoms with E-state index in [0.29, 0.717) is 50.4 Å². The Kier molecular flexibility index (Phi) is 10.2. The Balaban J connectivity index is 1.41. The van der Waals surface area contributed by atoms with Crippen molar-refractivity contribution < 1.29 is 37.0 Å². The number of aromatic nitrogens is 1. The number of pyridine rings is 1. The van der Waals surface area contributed by atoms with Crippen molar-refractivity contribution in [2.75, 3.05) is 20.2 Å². The van der Waals surface area contributed by atoms with Gasteiger partial charge in [0.25, 0.3) is 0 Å². The second kappa shape index (κ2) is 13.7. The SMILES string of the molecule is C=C[C@@H]1C[C@]1(CC(=O)C1C[C@@H](Oc2ncc(OC)c3ccccc23)CN1C[C@@H](CC(=O)OC(C)(C)C)C(C)(C)C)C(=O)NS(=O)(=O)C1CC1. The van der Waals surface area contributed by atoms with Crippen LogP contribution in [0.2, 0.25) is 0 Å². The summed E-state index contributed by atoms with van der Waals surface area (Å²) in [5, 5.41) is 1.07. The van der Waals surface area contributed by atoms with Crippen LogP contribution in [0.25, 0.3) is 10.8 Å². The molecule has 5 atom stereocenters. The molecule has 11 nitrogen and oxygen atoms in total. The number of ether oxygens (including phenoxy) is 3. The van der Waals surface area contributed by atoms with Gasteiger partial charge in [-0.3, -0.25) is 24.0 Å². The molecule has 3 fully saturated rings. The second-order valence-electron chi connectivity index (χ2n) is 16.0. The number of ketones is 1. The number of carbonyl (C=O) groups is 3. The molecule has 2 heterocycles. The smallest absolute Gasteiger partial charge is 0.306 e. The third-order valence-corrected chi connectivity index (χ3v) is 11.8. The van der Waals surface area contributed by atoms with E-state index in [-0.39, 0.29) is 41.8 Å². The van der Waals surface area contributed by atoms with Gasteiger partial charge >= 0.3 is 5.97 Å². The Morgan fingerprint density at radius 3 is 2.37 bits per heavy atom. The van der Waals surface area contributed by atoms with Gasteiger partial charge in [-0.1, -0.05) is 45.0 Å². The molecule has 1 aliphatic heterocycles. The number of carbonyl (C=O) groups excluding carboxylic acids is 3. The third-order valence-electron chi connectivity index (χ3n) is 10.0. The highest BCUT2D eigenvalue weighted by molar-refractivity contribution is 7.90. The molecule has 1 unspecified atom stereocenters. The summed E-state index contributed by atoms with van der Waals surface area (Å²) in [6.45, 7) is 16.3. The summed E-state index contributed by atoms with van der Waals surface area (Å²) < 4.78 is 45.4. The molecule has 0 radical (unpaired) electrons. The zero-order chi connectivity index (χ0) is 35.9. The molecule has 268 valence electrons. The number of fused-ring (bicyclic) bond motifs is 1. The number of rotatable bonds is 14. The first kappa shape index (κ1) is 36.8. The molecule has 49 heavy (non-hydrogen) atoms. The summed E-state index contributed by atoms with van der Waals surface area (Å²) in [7, 11) is -2.20. The summed E-state index contributed by atoms with van der Waals surface area (Å²) in [6.07, 6.45) is 4.60. The van der Waals surface area contributed by atoms with E-state index in [4.69, 9.17) is 14.2 Å². The van der Waals surface area contributed by atoms with Crippen molar-refractivity contribution in [2.45, 2.75) is 103 Å². The minimum absolute atomic E-state index is 0.125. The van der Waals surface area contributed by atoms with E-state index in [9.17, 15) is 22.8 Å². The van der Waals surface area contributed by atoms with Crippen LogP contribution in [-0.2, 0) is 29.1 Å². The predicted octanol–water partition coefficient (Wildman–Crippen LogP) is 5.22. The van der Waals surface area contributed by atoms with E-state index < -0.39 is 44.3 Å². The number of hydrogen-bond acceptors (Lipinski definition) is 10. The van der Waals surface area contributed by atoms with Gasteiger partial charge in [-0.15, -0.1) is 6.58 Å². The molecule has 1 aromatic heterocycles. The van der Waals surface area contributed by atoms with Gasteiger partial charge in [0.15, 0.2) is 5.78 Å². The lowest BCUT2D eigenvalue weighted by molar-refractivity contribution is -0.157. The van der Waals surface area contributed by atoms with Crippen LogP contribution in [0.3, 0.4) is 0 Å². The molecule has 1 amide bonds. The molecule has 1 saturated heterocycles. The van der Waals surface area contributed by atoms with Gasteiger partial charge in [-0.25, -0.2) is 13.4 Å². The molecule has 0 bridgehead atoms. The van der Waals surface area contributed by atoms with Crippen LogP contribution >= 0.6 is 0 Å². The zero-order valence-electron chi connectivity index (χ0n) is 29.8. The number of methoxy groups -OCH3 is 1. The maximum absolute atomic E-state index is 14.3. The molecule has 0 spiro atoms. The van der Waals surface area contributed by atoms with Gasteiger partial charge in [-0.05, 0) is 63.4 Å². The number of sulfonamides is 1. The summed E-state index contributed by atoms with van der Waals surface area (Å²) in [4.78, 5) is 47.5. The van der Waals surface area contributed by atoms with Crippen molar-refractivity contribution in [3.63, 3.8) is 0 Å². The maximum atomic E-state index is 14.3. The fraction of sp³-hybridized carbons (Fsp3) is 0.622. The van der Waals surface area contributed by atoms with Crippen molar-refractivity contribution in [3.8, 4) is 11.6 Å². The maximum Gasteiger partial charge on any atom is 0.306 e. The van der Waals surface area contributed by atoms with E-state index in [1.54, 1.807) is 19.4 Å². The molecule has 1 N–H and O–H groups in total. The fourth-order valence-corrected chi connectivity index (χ4v) is 8.24. The summed E-state index contributed by atoms with van der Waals surface area (Å²) in [5.74, 6) is -0.557. The molecule has 2 aliphatic carbocycles. The summed E-state index contributed by atoms with van der Waals surface area (Å²) in [6, 6.07) is 7.02. The molecule has 1 aromatic carbocycles. The van der Waals surface area contributed by atoms with Crippen molar-refractivity contribution in [1.82, 2.24) is 14.6 Å². The molecular weight excluding hydrogens is 646 g/mol. The average molecular weight is 698 g/mol. The molecule has 2 aromatic rings. The molecular formula is C37H51N3O8S. The number of amides is 1. The second-order valence-corrected chi connectivity index (χ2v) is 18.0. The Hall–Kier alpha value is -3.51. The highest BCUT2D eigenvalue weighted by Gasteiger charge is 2.61. The minimum Gasteiger partial charge on any atom is -0.494 e. The van der Waals surface area contributed by atoms with Gasteiger partial charge < -0.3 is 14.2 Å². The van der Waals surface area contributed by atoms with Gasteiger partial charge in [0.05, 0.1) is 36.4 Å². The Morgan fingerprint density at radius 1 is 1.12 bits per heavy atom. The van der Waals surface area contributed by atoms with Gasteiger partial charge in [-0.2, -0.15) is 0 Å². The van der Waals surface area contributed by atoms with E-state index >= 15 is 0 Å². The minimum atomic E-state index is -3.79. The van der Waals surface area contributed by atoms with E-state index in [1.807, 2.05) is 45.0 Å². The zero-order valence-corrected chi connectivity index (χ0v) is 30.6. The van der Waals surface area contributed by atoms with Gasteiger partial charge in [0.1, 0.15) is 17.5 Å². The lowest BCUT2D eigenvalue weighted by Gasteiger charge is -2.36. The third kappa shape index (κ3) is 8.45. The highest BCUT2D eigenvalue weighted by Crippen LogP contribution is 2.57. The first-order valence-corrected chi connectivity index (χ1v) is 18.7. The van der Waals surface area contributed by atoms with E-state index in [2.05, 4.69) is 42.0 Å². The lowest BCUT2D eigenvalue weighted by atomic mass is 9.78. The Bertz CT molecular complexity index is 1710. The number of hydrogen-bond donors (Lipinski definition) is 1. The van der Waals surface area contributed by atoms with Gasteiger partial charge in [0, 0.05) is 36.7 Å².